The Bertz CT molecular complexity index is 615. The predicted molar refractivity (Wildman–Crippen MR) is 102 cm³/mol. The van der Waals surface area contributed by atoms with Crippen LogP contribution in [0.1, 0.15) is 50.6 Å². The summed E-state index contributed by atoms with van der Waals surface area (Å²) < 4.78 is 6.58. The van der Waals surface area contributed by atoms with Crippen molar-refractivity contribution < 1.29 is 14.3 Å². The Morgan fingerprint density at radius 1 is 1.40 bits per heavy atom. The van der Waals surface area contributed by atoms with Gasteiger partial charge in [-0.1, -0.05) is 39.0 Å². The molecule has 1 aromatic heterocycles. The quantitative estimate of drug-likeness (QED) is 0.574. The van der Waals surface area contributed by atoms with Crippen LogP contribution in [-0.4, -0.2) is 28.7 Å². The van der Waals surface area contributed by atoms with Crippen molar-refractivity contribution in [2.75, 3.05) is 5.75 Å². The molecule has 0 bridgehead atoms. The highest BCUT2D eigenvalue weighted by molar-refractivity contribution is 8.01. The second-order valence-electron chi connectivity index (χ2n) is 7.27. The van der Waals surface area contributed by atoms with Crippen molar-refractivity contribution in [3.63, 3.8) is 0 Å². The molecule has 0 aromatic carbocycles. The first kappa shape index (κ1) is 20.2. The van der Waals surface area contributed by atoms with E-state index in [1.165, 1.54) is 29.5 Å². The van der Waals surface area contributed by atoms with Gasteiger partial charge in [-0.2, -0.15) is 0 Å². The fourth-order valence-electron chi connectivity index (χ4n) is 3.36. The van der Waals surface area contributed by atoms with Crippen LogP contribution in [0.15, 0.2) is 4.34 Å². The van der Waals surface area contributed by atoms with E-state index >= 15 is 0 Å². The molecule has 7 heteroatoms. The summed E-state index contributed by atoms with van der Waals surface area (Å²) in [7, 11) is 0. The van der Waals surface area contributed by atoms with E-state index in [4.69, 9.17) is 10.5 Å². The molecule has 3 atom stereocenters. The molecule has 2 rings (SSSR count). The molecule has 1 saturated carbocycles. The van der Waals surface area contributed by atoms with Gasteiger partial charge < -0.3 is 10.5 Å². The molecular formula is C18H28N2O3S2. The van der Waals surface area contributed by atoms with Crippen LogP contribution in [0, 0.1) is 24.7 Å². The van der Waals surface area contributed by atoms with Gasteiger partial charge in [0.2, 0.25) is 5.91 Å². The van der Waals surface area contributed by atoms with E-state index in [1.807, 2.05) is 6.92 Å². The van der Waals surface area contributed by atoms with Gasteiger partial charge in [-0.25, -0.2) is 4.98 Å². The first-order valence-corrected chi connectivity index (χ1v) is 10.6. The van der Waals surface area contributed by atoms with Gasteiger partial charge in [0.05, 0.1) is 17.9 Å². The van der Waals surface area contributed by atoms with Gasteiger partial charge in [0.25, 0.3) is 0 Å². The molecule has 0 unspecified atom stereocenters. The molecule has 5 nitrogen and oxygen atoms in total. The highest BCUT2D eigenvalue weighted by Gasteiger charge is 2.33. The van der Waals surface area contributed by atoms with Crippen LogP contribution in [0.5, 0.6) is 0 Å². The highest BCUT2D eigenvalue weighted by Crippen LogP contribution is 2.36. The van der Waals surface area contributed by atoms with E-state index < -0.39 is 0 Å². The Hall–Kier alpha value is -1.08. The minimum Gasteiger partial charge on any atom is -0.461 e. The average Bonchev–Trinajstić information content (AvgIpc) is 2.84. The summed E-state index contributed by atoms with van der Waals surface area (Å²) in [5.74, 6) is 1.29. The summed E-state index contributed by atoms with van der Waals surface area (Å²) >= 11 is 2.80. The molecule has 0 radical (unpaired) electrons. The number of thiazole rings is 1. The number of amides is 1. The van der Waals surface area contributed by atoms with Crippen molar-refractivity contribution in [2.24, 2.45) is 23.5 Å². The molecule has 1 heterocycles. The molecule has 1 amide bonds. The van der Waals surface area contributed by atoms with Crippen LogP contribution in [0.2, 0.25) is 0 Å². The number of aromatic nitrogens is 1. The molecular weight excluding hydrogens is 356 g/mol. The number of hydrogen-bond donors (Lipinski definition) is 1. The fraction of sp³-hybridized carbons (Fsp3) is 0.722. The van der Waals surface area contributed by atoms with E-state index in [0.29, 0.717) is 17.8 Å². The van der Waals surface area contributed by atoms with Crippen molar-refractivity contribution in [3.05, 3.63) is 10.6 Å². The van der Waals surface area contributed by atoms with Crippen LogP contribution < -0.4 is 5.73 Å². The van der Waals surface area contributed by atoms with Gasteiger partial charge in [-0.05, 0) is 37.5 Å². The molecule has 0 saturated heterocycles. The number of nitrogens with two attached hydrogens (primary N) is 1. The number of aryl methyl sites for hydroxylation is 1. The van der Waals surface area contributed by atoms with Gasteiger partial charge >= 0.3 is 5.97 Å². The van der Waals surface area contributed by atoms with E-state index in [1.54, 1.807) is 0 Å². The molecule has 1 aliphatic carbocycles. The summed E-state index contributed by atoms with van der Waals surface area (Å²) in [6, 6.07) is 0. The fourth-order valence-corrected chi connectivity index (χ4v) is 5.39. The second kappa shape index (κ2) is 9.03. The molecule has 0 aliphatic heterocycles. The van der Waals surface area contributed by atoms with Crippen molar-refractivity contribution in [1.29, 1.82) is 0 Å². The Labute approximate surface area is 158 Å². The monoisotopic (exact) mass is 384 g/mol. The van der Waals surface area contributed by atoms with Crippen LogP contribution in [0.25, 0.3) is 0 Å². The predicted octanol–water partition coefficient (Wildman–Crippen LogP) is 3.58. The standard InChI is InChI=1S/C18H28N2O3S2/c1-10(2)13-6-5-11(3)7-14(13)23-17(22)9-24-18-20-12(4)15(25-18)8-16(19)21/h10-11,13-14H,5-9H2,1-4H3,(H2,19,21)/t11-,13-,14+/m0/s1. The summed E-state index contributed by atoms with van der Waals surface area (Å²) in [6.45, 7) is 8.49. The molecule has 1 aliphatic rings. The smallest absolute Gasteiger partial charge is 0.316 e. The van der Waals surface area contributed by atoms with Gasteiger partial charge in [-0.15, -0.1) is 11.3 Å². The lowest BCUT2D eigenvalue weighted by molar-refractivity contribution is -0.152. The lowest BCUT2D eigenvalue weighted by Crippen LogP contribution is -2.36. The number of primary amides is 1. The second-order valence-corrected chi connectivity index (χ2v) is 9.58. The van der Waals surface area contributed by atoms with Gasteiger partial charge in [0, 0.05) is 4.88 Å². The van der Waals surface area contributed by atoms with E-state index in [0.717, 1.165) is 27.8 Å². The number of carbonyl (C=O) groups is 2. The Kier molecular flexibility index (Phi) is 7.31. The topological polar surface area (TPSA) is 82.3 Å². The van der Waals surface area contributed by atoms with E-state index in [-0.39, 0.29) is 30.2 Å². The SMILES string of the molecule is Cc1nc(SCC(=O)O[C@@H]2C[C@@H](C)CC[C@H]2C(C)C)sc1CC(N)=O. The first-order valence-electron chi connectivity index (χ1n) is 8.83. The van der Waals surface area contributed by atoms with Gasteiger partial charge in [0.1, 0.15) is 6.10 Å². The van der Waals surface area contributed by atoms with E-state index in [2.05, 4.69) is 25.8 Å². The Morgan fingerprint density at radius 2 is 2.12 bits per heavy atom. The maximum Gasteiger partial charge on any atom is 0.316 e. The summed E-state index contributed by atoms with van der Waals surface area (Å²) in [6.07, 6.45) is 3.53. The first-order chi connectivity index (χ1) is 11.8. The third kappa shape index (κ3) is 5.99. The Morgan fingerprint density at radius 3 is 2.76 bits per heavy atom. The molecule has 25 heavy (non-hydrogen) atoms. The largest absolute Gasteiger partial charge is 0.461 e. The number of thioether (sulfide) groups is 1. The summed E-state index contributed by atoms with van der Waals surface area (Å²) in [5.41, 5.74) is 6.04. The van der Waals surface area contributed by atoms with Gasteiger partial charge in [0.15, 0.2) is 4.34 Å². The van der Waals surface area contributed by atoms with Crippen molar-refractivity contribution in [1.82, 2.24) is 4.98 Å². The molecule has 1 fully saturated rings. The van der Waals surface area contributed by atoms with Crippen LogP contribution in [-0.2, 0) is 20.7 Å². The van der Waals surface area contributed by atoms with Crippen LogP contribution in [0.3, 0.4) is 0 Å². The maximum absolute atomic E-state index is 12.3. The third-order valence-electron chi connectivity index (χ3n) is 4.77. The lowest BCUT2D eigenvalue weighted by atomic mass is 9.75. The molecule has 2 N–H and O–H groups in total. The zero-order valence-corrected chi connectivity index (χ0v) is 17.0. The average molecular weight is 385 g/mol. The minimum absolute atomic E-state index is 0.0281. The Balaban J connectivity index is 1.88. The number of ether oxygens (including phenoxy) is 1. The molecule has 1 aromatic rings. The summed E-state index contributed by atoms with van der Waals surface area (Å²) in [5, 5.41) is 0. The molecule has 0 spiro atoms. The third-order valence-corrected chi connectivity index (χ3v) is 7.04. The normalized spacial score (nSPS) is 23.6. The highest BCUT2D eigenvalue weighted by atomic mass is 32.2. The lowest BCUT2D eigenvalue weighted by Gasteiger charge is -2.36. The van der Waals surface area contributed by atoms with Crippen molar-refractivity contribution >= 4 is 35.0 Å². The van der Waals surface area contributed by atoms with Crippen molar-refractivity contribution in [2.45, 2.75) is 63.8 Å². The van der Waals surface area contributed by atoms with E-state index in [9.17, 15) is 9.59 Å². The zero-order chi connectivity index (χ0) is 18.6. The number of nitrogens with zero attached hydrogens (tertiary/aromatic N) is 1. The van der Waals surface area contributed by atoms with Crippen LogP contribution >= 0.6 is 23.1 Å². The number of hydrogen-bond acceptors (Lipinski definition) is 6. The maximum atomic E-state index is 12.3. The van der Waals surface area contributed by atoms with Crippen molar-refractivity contribution in [3.8, 4) is 0 Å². The summed E-state index contributed by atoms with van der Waals surface area (Å²) in [4.78, 5) is 28.6. The van der Waals surface area contributed by atoms with Gasteiger partial charge in [-0.3, -0.25) is 9.59 Å². The van der Waals surface area contributed by atoms with Crippen LogP contribution in [0.4, 0.5) is 0 Å². The number of rotatable bonds is 7. The molecule has 140 valence electrons. The zero-order valence-electron chi connectivity index (χ0n) is 15.4. The minimum atomic E-state index is -0.367. The number of esters is 1. The number of carbonyl (C=O) groups excluding carboxylic acids is 2.